The standard InChI is InChI=1S/C23H29NO6/c1-14-6-4-5-7-19(14)24-21(25)13-29-22(26)11-10-18-15(2)17-9-8-16(28-3)12-20(17)30-23(18)27/h8-9,12,14,19H,4-7,10-11,13H2,1-3H3,(H,24,25). The van der Waals surface area contributed by atoms with E-state index in [4.69, 9.17) is 13.9 Å². The molecule has 3 rings (SSSR count). The van der Waals surface area contributed by atoms with Crippen molar-refractivity contribution >= 4 is 22.8 Å². The number of methoxy groups -OCH3 is 1. The number of hydrogen-bond acceptors (Lipinski definition) is 6. The zero-order valence-corrected chi connectivity index (χ0v) is 17.8. The molecule has 1 heterocycles. The molecule has 1 aliphatic carbocycles. The highest BCUT2D eigenvalue weighted by Gasteiger charge is 2.23. The first-order chi connectivity index (χ1) is 14.4. The van der Waals surface area contributed by atoms with Crippen LogP contribution in [0.1, 0.15) is 50.2 Å². The average molecular weight is 415 g/mol. The molecule has 1 fully saturated rings. The van der Waals surface area contributed by atoms with Crippen molar-refractivity contribution in [3.05, 3.63) is 39.7 Å². The van der Waals surface area contributed by atoms with Gasteiger partial charge in [-0.25, -0.2) is 4.79 Å². The predicted octanol–water partition coefficient (Wildman–Crippen LogP) is 3.28. The minimum Gasteiger partial charge on any atom is -0.497 e. The van der Waals surface area contributed by atoms with Crippen molar-refractivity contribution in [1.29, 1.82) is 0 Å². The van der Waals surface area contributed by atoms with Gasteiger partial charge in [0.25, 0.3) is 5.91 Å². The maximum atomic E-state index is 12.4. The number of nitrogens with one attached hydrogen (secondary N) is 1. The second-order valence-electron chi connectivity index (χ2n) is 7.95. The van der Waals surface area contributed by atoms with Crippen LogP contribution in [0.5, 0.6) is 5.75 Å². The summed E-state index contributed by atoms with van der Waals surface area (Å²) in [4.78, 5) is 36.5. The van der Waals surface area contributed by atoms with E-state index in [1.165, 1.54) is 6.42 Å². The fraction of sp³-hybridized carbons (Fsp3) is 0.522. The fourth-order valence-electron chi connectivity index (χ4n) is 4.01. The molecule has 7 nitrogen and oxygen atoms in total. The summed E-state index contributed by atoms with van der Waals surface area (Å²) in [6.07, 6.45) is 4.55. The average Bonchev–Trinajstić information content (AvgIpc) is 2.73. The zero-order valence-electron chi connectivity index (χ0n) is 17.8. The normalized spacial score (nSPS) is 18.8. The number of benzene rings is 1. The number of carbonyl (C=O) groups is 2. The van der Waals surface area contributed by atoms with Gasteiger partial charge in [0.15, 0.2) is 6.61 Å². The molecule has 162 valence electrons. The maximum absolute atomic E-state index is 12.4. The summed E-state index contributed by atoms with van der Waals surface area (Å²) in [6, 6.07) is 5.42. The third-order valence-corrected chi connectivity index (χ3v) is 5.90. The summed E-state index contributed by atoms with van der Waals surface area (Å²) in [6.45, 7) is 3.65. The second kappa shape index (κ2) is 9.78. The molecule has 2 atom stereocenters. The van der Waals surface area contributed by atoms with E-state index in [9.17, 15) is 14.4 Å². The number of aryl methyl sites for hydroxylation is 1. The first-order valence-electron chi connectivity index (χ1n) is 10.4. The number of amides is 1. The smallest absolute Gasteiger partial charge is 0.339 e. The van der Waals surface area contributed by atoms with E-state index in [0.717, 1.165) is 30.2 Å². The van der Waals surface area contributed by atoms with Gasteiger partial charge in [0.1, 0.15) is 11.3 Å². The summed E-state index contributed by atoms with van der Waals surface area (Å²) in [5, 5.41) is 3.75. The Morgan fingerprint density at radius 1 is 1.23 bits per heavy atom. The van der Waals surface area contributed by atoms with Crippen LogP contribution in [0.3, 0.4) is 0 Å². The molecular weight excluding hydrogens is 386 g/mol. The first kappa shape index (κ1) is 21.9. The Kier molecular flexibility index (Phi) is 7.13. The van der Waals surface area contributed by atoms with Crippen molar-refractivity contribution in [2.24, 2.45) is 5.92 Å². The third kappa shape index (κ3) is 5.20. The highest BCUT2D eigenvalue weighted by atomic mass is 16.5. The molecule has 1 amide bonds. The number of carbonyl (C=O) groups excluding carboxylic acids is 2. The van der Waals surface area contributed by atoms with Crippen LogP contribution in [0.25, 0.3) is 11.0 Å². The highest BCUT2D eigenvalue weighted by molar-refractivity contribution is 5.83. The van der Waals surface area contributed by atoms with Crippen LogP contribution in [-0.4, -0.2) is 31.6 Å². The number of fused-ring (bicyclic) bond motifs is 1. The van der Waals surface area contributed by atoms with E-state index in [-0.39, 0.29) is 31.4 Å². The van der Waals surface area contributed by atoms with Gasteiger partial charge in [0, 0.05) is 29.5 Å². The van der Waals surface area contributed by atoms with Crippen LogP contribution in [0.4, 0.5) is 0 Å². The van der Waals surface area contributed by atoms with E-state index in [1.807, 2.05) is 13.0 Å². The van der Waals surface area contributed by atoms with Crippen molar-refractivity contribution < 1.29 is 23.5 Å². The van der Waals surface area contributed by atoms with Gasteiger partial charge in [-0.1, -0.05) is 19.8 Å². The highest BCUT2D eigenvalue weighted by Crippen LogP contribution is 2.25. The third-order valence-electron chi connectivity index (χ3n) is 5.90. The van der Waals surface area contributed by atoms with E-state index in [2.05, 4.69) is 12.2 Å². The molecule has 0 radical (unpaired) electrons. The van der Waals surface area contributed by atoms with E-state index in [0.29, 0.717) is 22.8 Å². The maximum Gasteiger partial charge on any atom is 0.339 e. The Morgan fingerprint density at radius 2 is 2.00 bits per heavy atom. The Morgan fingerprint density at radius 3 is 2.73 bits per heavy atom. The molecule has 1 N–H and O–H groups in total. The van der Waals surface area contributed by atoms with Gasteiger partial charge in [-0.2, -0.15) is 0 Å². The molecule has 1 saturated carbocycles. The molecule has 0 saturated heterocycles. The molecular formula is C23H29NO6. The van der Waals surface area contributed by atoms with E-state index >= 15 is 0 Å². The van der Waals surface area contributed by atoms with Crippen molar-refractivity contribution in [3.63, 3.8) is 0 Å². The monoisotopic (exact) mass is 415 g/mol. The van der Waals surface area contributed by atoms with Crippen LogP contribution < -0.4 is 15.7 Å². The van der Waals surface area contributed by atoms with Crippen LogP contribution in [-0.2, 0) is 20.7 Å². The van der Waals surface area contributed by atoms with Crippen molar-refractivity contribution in [2.75, 3.05) is 13.7 Å². The van der Waals surface area contributed by atoms with Crippen molar-refractivity contribution in [1.82, 2.24) is 5.32 Å². The minimum atomic E-state index is -0.518. The number of ether oxygens (including phenoxy) is 2. The molecule has 0 spiro atoms. The molecule has 1 aromatic carbocycles. The predicted molar refractivity (Wildman–Crippen MR) is 113 cm³/mol. The first-order valence-corrected chi connectivity index (χ1v) is 10.4. The van der Waals surface area contributed by atoms with Gasteiger partial charge < -0.3 is 19.2 Å². The van der Waals surface area contributed by atoms with Crippen LogP contribution >= 0.6 is 0 Å². The molecule has 0 aliphatic heterocycles. The number of esters is 1. The van der Waals surface area contributed by atoms with Crippen LogP contribution in [0, 0.1) is 12.8 Å². The lowest BCUT2D eigenvalue weighted by molar-refractivity contribution is -0.148. The fourth-order valence-corrected chi connectivity index (χ4v) is 4.01. The summed E-state index contributed by atoms with van der Waals surface area (Å²) in [5.74, 6) is 0.240. The molecule has 2 unspecified atom stereocenters. The summed E-state index contributed by atoms with van der Waals surface area (Å²) < 4.78 is 15.6. The summed E-state index contributed by atoms with van der Waals surface area (Å²) in [5.41, 5.74) is 1.16. The lowest BCUT2D eigenvalue weighted by Crippen LogP contribution is -2.42. The van der Waals surface area contributed by atoms with Gasteiger partial charge in [0.05, 0.1) is 7.11 Å². The molecule has 1 aliphatic rings. The number of rotatable bonds is 7. The van der Waals surface area contributed by atoms with Gasteiger partial charge >= 0.3 is 11.6 Å². The molecule has 0 bridgehead atoms. The molecule has 7 heteroatoms. The van der Waals surface area contributed by atoms with Gasteiger partial charge in [0.2, 0.25) is 0 Å². The van der Waals surface area contributed by atoms with Gasteiger partial charge in [-0.3, -0.25) is 9.59 Å². The second-order valence-corrected chi connectivity index (χ2v) is 7.95. The molecule has 2 aromatic rings. The topological polar surface area (TPSA) is 94.8 Å². The Hall–Kier alpha value is -2.83. The van der Waals surface area contributed by atoms with Gasteiger partial charge in [-0.05, 0) is 49.8 Å². The lowest BCUT2D eigenvalue weighted by Gasteiger charge is -2.29. The quantitative estimate of drug-likeness (QED) is 0.551. The SMILES string of the molecule is COc1ccc2c(C)c(CCC(=O)OCC(=O)NC3CCCCC3C)c(=O)oc2c1. The zero-order chi connectivity index (χ0) is 21.7. The molecule has 30 heavy (non-hydrogen) atoms. The Labute approximate surface area is 175 Å². The van der Waals surface area contributed by atoms with E-state index in [1.54, 1.807) is 19.2 Å². The summed E-state index contributed by atoms with van der Waals surface area (Å²) >= 11 is 0. The Balaban J connectivity index is 1.55. The van der Waals surface area contributed by atoms with Crippen LogP contribution in [0.2, 0.25) is 0 Å². The van der Waals surface area contributed by atoms with Crippen molar-refractivity contribution in [2.45, 2.75) is 58.4 Å². The summed E-state index contributed by atoms with van der Waals surface area (Å²) in [7, 11) is 1.54. The number of hydrogen-bond donors (Lipinski definition) is 1. The van der Waals surface area contributed by atoms with Crippen molar-refractivity contribution in [3.8, 4) is 5.75 Å². The largest absolute Gasteiger partial charge is 0.497 e. The van der Waals surface area contributed by atoms with Gasteiger partial charge in [-0.15, -0.1) is 0 Å². The molecule has 1 aromatic heterocycles. The minimum absolute atomic E-state index is 0.000370. The Bertz CT molecular complexity index is 980. The lowest BCUT2D eigenvalue weighted by atomic mass is 9.86. The van der Waals surface area contributed by atoms with E-state index < -0.39 is 11.6 Å². The van der Waals surface area contributed by atoms with Crippen LogP contribution in [0.15, 0.2) is 27.4 Å².